The average molecular weight is 534 g/mol. The number of hydrogen-bond donors (Lipinski definition) is 2. The maximum atomic E-state index is 4.64. The summed E-state index contributed by atoms with van der Waals surface area (Å²) in [6, 6.07) is 8.72. The van der Waals surface area contributed by atoms with Crippen LogP contribution < -0.4 is 15.5 Å². The molecule has 0 radical (unpaired) electrons. The monoisotopic (exact) mass is 533 g/mol. The molecule has 1 aromatic carbocycles. The molecule has 142 valence electrons. The lowest BCUT2D eigenvalue weighted by atomic mass is 10.3. The first-order chi connectivity index (χ1) is 12.2. The van der Waals surface area contributed by atoms with E-state index in [4.69, 9.17) is 0 Å². The lowest BCUT2D eigenvalue weighted by molar-refractivity contribution is 0.644. The van der Waals surface area contributed by atoms with Gasteiger partial charge in [0.2, 0.25) is 0 Å². The summed E-state index contributed by atoms with van der Waals surface area (Å²) in [6.07, 6.45) is 2.63. The fourth-order valence-electron chi connectivity index (χ4n) is 2.93. The molecule has 0 saturated carbocycles. The lowest BCUT2D eigenvalue weighted by Crippen LogP contribution is -2.44. The number of rotatable bonds is 5. The Morgan fingerprint density at radius 2 is 2.19 bits per heavy atom. The smallest absolute Gasteiger partial charge is 0.191 e. The highest BCUT2D eigenvalue weighted by molar-refractivity contribution is 14.0. The number of para-hydroxylation sites is 1. The van der Waals surface area contributed by atoms with E-state index in [1.165, 1.54) is 5.69 Å². The zero-order valence-corrected chi connectivity index (χ0v) is 18.9. The van der Waals surface area contributed by atoms with Crippen LogP contribution in [0, 0.1) is 0 Å². The molecule has 0 aliphatic carbocycles. The first-order valence-corrected chi connectivity index (χ1v) is 9.34. The number of guanidine groups is 1. The molecule has 2 heterocycles. The summed E-state index contributed by atoms with van der Waals surface area (Å²) in [7, 11) is 1.88. The molecule has 9 heteroatoms. The molecule has 1 unspecified atom stereocenters. The van der Waals surface area contributed by atoms with Gasteiger partial charge < -0.3 is 15.5 Å². The summed E-state index contributed by atoms with van der Waals surface area (Å²) in [5.74, 6) is 1.67. The molecular formula is C17H25BrIN7. The molecule has 1 fully saturated rings. The highest BCUT2D eigenvalue weighted by atomic mass is 127. The van der Waals surface area contributed by atoms with E-state index in [2.05, 4.69) is 71.7 Å². The Kier molecular flexibility index (Phi) is 8.14. The third-order valence-electron chi connectivity index (χ3n) is 4.25. The summed E-state index contributed by atoms with van der Waals surface area (Å²) in [6.45, 7) is 5.39. The minimum atomic E-state index is 0. The quantitative estimate of drug-likeness (QED) is 0.351. The normalized spacial score (nSPS) is 17.1. The van der Waals surface area contributed by atoms with Crippen LogP contribution in [0.4, 0.5) is 5.69 Å². The van der Waals surface area contributed by atoms with Gasteiger partial charge in [-0.1, -0.05) is 12.1 Å². The van der Waals surface area contributed by atoms with Gasteiger partial charge >= 0.3 is 0 Å². The summed E-state index contributed by atoms with van der Waals surface area (Å²) >= 11 is 3.64. The third kappa shape index (κ3) is 5.32. The largest absolute Gasteiger partial charge is 0.368 e. The van der Waals surface area contributed by atoms with Gasteiger partial charge in [-0.25, -0.2) is 9.98 Å². The number of halogens is 2. The second-order valence-corrected chi connectivity index (χ2v) is 6.88. The van der Waals surface area contributed by atoms with Gasteiger partial charge in [-0.15, -0.1) is 24.0 Å². The zero-order valence-electron chi connectivity index (χ0n) is 15.0. The van der Waals surface area contributed by atoms with E-state index in [0.29, 0.717) is 12.6 Å². The molecule has 7 nitrogen and oxygen atoms in total. The first-order valence-electron chi connectivity index (χ1n) is 8.54. The van der Waals surface area contributed by atoms with Crippen LogP contribution in [0.2, 0.25) is 0 Å². The van der Waals surface area contributed by atoms with E-state index in [1.54, 1.807) is 11.0 Å². The maximum Gasteiger partial charge on any atom is 0.191 e. The van der Waals surface area contributed by atoms with Crippen LogP contribution >= 0.6 is 39.9 Å². The van der Waals surface area contributed by atoms with Gasteiger partial charge in [0.15, 0.2) is 5.96 Å². The zero-order chi connectivity index (χ0) is 17.6. The lowest BCUT2D eigenvalue weighted by Gasteiger charge is -2.21. The Labute approximate surface area is 179 Å². The van der Waals surface area contributed by atoms with E-state index in [9.17, 15) is 0 Å². The molecule has 1 aromatic heterocycles. The number of nitrogens with zero attached hydrogens (tertiary/aromatic N) is 5. The number of benzene rings is 1. The second-order valence-electron chi connectivity index (χ2n) is 6.02. The van der Waals surface area contributed by atoms with Gasteiger partial charge in [0.25, 0.3) is 0 Å². The van der Waals surface area contributed by atoms with Crippen LogP contribution in [0.1, 0.15) is 19.2 Å². The van der Waals surface area contributed by atoms with Gasteiger partial charge in [0.1, 0.15) is 18.7 Å². The topological polar surface area (TPSA) is 70.4 Å². The fourth-order valence-corrected chi connectivity index (χ4v) is 3.47. The highest BCUT2D eigenvalue weighted by Crippen LogP contribution is 2.28. The van der Waals surface area contributed by atoms with E-state index in [0.717, 1.165) is 42.3 Å². The van der Waals surface area contributed by atoms with Crippen molar-refractivity contribution in [1.29, 1.82) is 0 Å². The molecule has 0 amide bonds. The number of nitrogens with one attached hydrogen (secondary N) is 2. The predicted octanol–water partition coefficient (Wildman–Crippen LogP) is 2.53. The highest BCUT2D eigenvalue weighted by Gasteiger charge is 2.24. The fraction of sp³-hybridized carbons (Fsp3) is 0.471. The summed E-state index contributed by atoms with van der Waals surface area (Å²) in [4.78, 5) is 11.3. The van der Waals surface area contributed by atoms with Crippen LogP contribution in [-0.2, 0) is 13.6 Å². The Hall–Kier alpha value is -1.36. The number of aryl methyl sites for hydroxylation is 1. The van der Waals surface area contributed by atoms with Crippen molar-refractivity contribution < 1.29 is 0 Å². The standard InChI is InChI=1S/C17H24BrN7.HI/c1-3-19-17(20-10-16-21-12-22-24(16)2)23-13-8-9-25(11-13)15-7-5-4-6-14(15)18;/h4-7,12-13H,3,8-11H2,1-2H3,(H2,19,20,23);1H. The van der Waals surface area contributed by atoms with Crippen molar-refractivity contribution in [3.63, 3.8) is 0 Å². The molecule has 0 spiro atoms. The molecule has 1 atom stereocenters. The molecule has 1 aliphatic rings. The number of hydrogen-bond acceptors (Lipinski definition) is 4. The number of aromatic nitrogens is 3. The van der Waals surface area contributed by atoms with Crippen molar-refractivity contribution in [2.75, 3.05) is 24.5 Å². The number of anilines is 1. The molecular weight excluding hydrogens is 509 g/mol. The summed E-state index contributed by atoms with van der Waals surface area (Å²) in [5.41, 5.74) is 1.24. The molecule has 26 heavy (non-hydrogen) atoms. The van der Waals surface area contributed by atoms with Crippen molar-refractivity contribution in [2.24, 2.45) is 12.0 Å². The predicted molar refractivity (Wildman–Crippen MR) is 119 cm³/mol. The minimum absolute atomic E-state index is 0. The van der Waals surface area contributed by atoms with Gasteiger partial charge in [-0.05, 0) is 41.4 Å². The van der Waals surface area contributed by atoms with E-state index < -0.39 is 0 Å². The molecule has 3 rings (SSSR count). The molecule has 0 bridgehead atoms. The molecule has 1 aliphatic heterocycles. The maximum absolute atomic E-state index is 4.64. The van der Waals surface area contributed by atoms with Gasteiger partial charge in [-0.2, -0.15) is 5.10 Å². The van der Waals surface area contributed by atoms with Gasteiger partial charge in [-0.3, -0.25) is 4.68 Å². The summed E-state index contributed by atoms with van der Waals surface area (Å²) in [5, 5.41) is 10.9. The van der Waals surface area contributed by atoms with Gasteiger partial charge in [0.05, 0.1) is 5.69 Å². The SMILES string of the molecule is CCNC(=NCc1ncnn1C)NC1CCN(c2ccccc2Br)C1.I. The molecule has 2 N–H and O–H groups in total. The van der Waals surface area contributed by atoms with Gasteiger partial charge in [0, 0.05) is 37.2 Å². The summed E-state index contributed by atoms with van der Waals surface area (Å²) < 4.78 is 2.88. The third-order valence-corrected chi connectivity index (χ3v) is 4.92. The van der Waals surface area contributed by atoms with Crippen molar-refractivity contribution in [3.8, 4) is 0 Å². The molecule has 1 saturated heterocycles. The second kappa shape index (κ2) is 10.1. The van der Waals surface area contributed by atoms with E-state index in [-0.39, 0.29) is 24.0 Å². The van der Waals surface area contributed by atoms with Crippen molar-refractivity contribution in [3.05, 3.63) is 40.9 Å². The van der Waals surface area contributed by atoms with Crippen LogP contribution in [0.3, 0.4) is 0 Å². The Bertz CT molecular complexity index is 733. The van der Waals surface area contributed by atoms with Crippen LogP contribution in [0.15, 0.2) is 40.1 Å². The number of aliphatic imine (C=N–C) groups is 1. The van der Waals surface area contributed by atoms with Crippen LogP contribution in [-0.4, -0.2) is 46.4 Å². The Balaban J connectivity index is 0.00000243. The Morgan fingerprint density at radius 1 is 1.38 bits per heavy atom. The van der Waals surface area contributed by atoms with Crippen LogP contribution in [0.25, 0.3) is 0 Å². The molecule has 2 aromatic rings. The van der Waals surface area contributed by atoms with Crippen molar-refractivity contribution >= 4 is 51.6 Å². The minimum Gasteiger partial charge on any atom is -0.368 e. The first kappa shape index (κ1) is 20.9. The van der Waals surface area contributed by atoms with Crippen molar-refractivity contribution in [2.45, 2.75) is 25.9 Å². The van der Waals surface area contributed by atoms with E-state index >= 15 is 0 Å². The van der Waals surface area contributed by atoms with Crippen molar-refractivity contribution in [1.82, 2.24) is 25.4 Å². The average Bonchev–Trinajstić information content (AvgIpc) is 3.22. The van der Waals surface area contributed by atoms with E-state index in [1.807, 2.05) is 13.1 Å². The van der Waals surface area contributed by atoms with Crippen LogP contribution in [0.5, 0.6) is 0 Å². The Morgan fingerprint density at radius 3 is 2.88 bits per heavy atom.